The summed E-state index contributed by atoms with van der Waals surface area (Å²) in [6, 6.07) is 6.65. The zero-order valence-electron chi connectivity index (χ0n) is 8.51. The SMILES string of the molecule is COC(=O)c1ccccc1C(O)CCO. The van der Waals surface area contributed by atoms with Gasteiger partial charge in [0.1, 0.15) is 0 Å². The van der Waals surface area contributed by atoms with Crippen LogP contribution in [0.3, 0.4) is 0 Å². The summed E-state index contributed by atoms with van der Waals surface area (Å²) in [5.41, 5.74) is 0.819. The van der Waals surface area contributed by atoms with E-state index in [1.165, 1.54) is 7.11 Å². The number of rotatable bonds is 4. The van der Waals surface area contributed by atoms with Crippen molar-refractivity contribution in [2.75, 3.05) is 13.7 Å². The minimum absolute atomic E-state index is 0.128. The molecule has 0 aliphatic heterocycles. The first-order valence-corrected chi connectivity index (χ1v) is 4.67. The Morgan fingerprint density at radius 1 is 1.47 bits per heavy atom. The molecule has 0 amide bonds. The monoisotopic (exact) mass is 210 g/mol. The summed E-state index contributed by atoms with van der Waals surface area (Å²) < 4.78 is 4.59. The van der Waals surface area contributed by atoms with Crippen molar-refractivity contribution in [2.24, 2.45) is 0 Å². The molecule has 0 fully saturated rings. The fraction of sp³-hybridized carbons (Fsp3) is 0.364. The highest BCUT2D eigenvalue weighted by molar-refractivity contribution is 5.91. The molecule has 0 radical (unpaired) electrons. The lowest BCUT2D eigenvalue weighted by atomic mass is 10.0. The van der Waals surface area contributed by atoms with Crippen LogP contribution in [-0.2, 0) is 4.74 Å². The predicted molar refractivity (Wildman–Crippen MR) is 54.4 cm³/mol. The second kappa shape index (κ2) is 5.48. The summed E-state index contributed by atoms with van der Waals surface area (Å²) in [4.78, 5) is 11.3. The number of aliphatic hydroxyl groups is 2. The lowest BCUT2D eigenvalue weighted by Crippen LogP contribution is -2.10. The maximum absolute atomic E-state index is 11.3. The molecule has 4 nitrogen and oxygen atoms in total. The topological polar surface area (TPSA) is 66.8 Å². The molecule has 0 saturated heterocycles. The number of hydrogen-bond acceptors (Lipinski definition) is 4. The summed E-state index contributed by atoms with van der Waals surface area (Å²) in [5.74, 6) is -0.484. The average Bonchev–Trinajstić information content (AvgIpc) is 2.28. The van der Waals surface area contributed by atoms with E-state index in [4.69, 9.17) is 5.11 Å². The molecule has 2 N–H and O–H groups in total. The summed E-state index contributed by atoms with van der Waals surface area (Å²) in [5, 5.41) is 18.4. The molecule has 0 aliphatic rings. The normalized spacial score (nSPS) is 12.2. The number of aliphatic hydroxyl groups excluding tert-OH is 2. The van der Waals surface area contributed by atoms with Gasteiger partial charge in [-0.1, -0.05) is 18.2 Å². The number of carbonyl (C=O) groups excluding carboxylic acids is 1. The Hall–Kier alpha value is -1.39. The highest BCUT2D eigenvalue weighted by Crippen LogP contribution is 2.21. The van der Waals surface area contributed by atoms with Gasteiger partial charge in [-0.3, -0.25) is 0 Å². The number of esters is 1. The van der Waals surface area contributed by atoms with Crippen LogP contribution in [0.2, 0.25) is 0 Å². The Morgan fingerprint density at radius 2 is 2.13 bits per heavy atom. The molecule has 15 heavy (non-hydrogen) atoms. The third-order valence-corrected chi connectivity index (χ3v) is 2.13. The first kappa shape index (κ1) is 11.7. The second-order valence-electron chi connectivity index (χ2n) is 3.11. The third-order valence-electron chi connectivity index (χ3n) is 2.13. The lowest BCUT2D eigenvalue weighted by Gasteiger charge is -2.12. The molecule has 82 valence electrons. The van der Waals surface area contributed by atoms with Crippen molar-refractivity contribution in [2.45, 2.75) is 12.5 Å². The van der Waals surface area contributed by atoms with Crippen molar-refractivity contribution in [1.82, 2.24) is 0 Å². The molecular formula is C11H14O4. The Balaban J connectivity index is 3.00. The van der Waals surface area contributed by atoms with Crippen LogP contribution in [0.1, 0.15) is 28.4 Å². The maximum Gasteiger partial charge on any atom is 0.338 e. The fourth-order valence-electron chi connectivity index (χ4n) is 1.36. The van der Waals surface area contributed by atoms with E-state index >= 15 is 0 Å². The van der Waals surface area contributed by atoms with Crippen LogP contribution >= 0.6 is 0 Å². The standard InChI is InChI=1S/C11H14O4/c1-15-11(14)9-5-3-2-4-8(9)10(13)6-7-12/h2-5,10,12-13H,6-7H2,1H3. The summed E-state index contributed by atoms with van der Waals surface area (Å²) in [7, 11) is 1.29. The first-order chi connectivity index (χ1) is 7.20. The quantitative estimate of drug-likeness (QED) is 0.724. The van der Waals surface area contributed by atoms with Crippen LogP contribution < -0.4 is 0 Å². The highest BCUT2D eigenvalue weighted by atomic mass is 16.5. The Bertz CT molecular complexity index is 335. The van der Waals surface area contributed by atoms with Crippen LogP contribution in [0, 0.1) is 0 Å². The molecule has 4 heteroatoms. The van der Waals surface area contributed by atoms with E-state index in [1.54, 1.807) is 24.3 Å². The number of benzene rings is 1. The molecule has 0 aromatic heterocycles. The van der Waals surface area contributed by atoms with Crippen LogP contribution in [-0.4, -0.2) is 29.9 Å². The van der Waals surface area contributed by atoms with Gasteiger partial charge in [-0.15, -0.1) is 0 Å². The van der Waals surface area contributed by atoms with Gasteiger partial charge in [0.05, 0.1) is 18.8 Å². The average molecular weight is 210 g/mol. The van der Waals surface area contributed by atoms with Gasteiger partial charge >= 0.3 is 5.97 Å². The summed E-state index contributed by atoms with van der Waals surface area (Å²) in [6.45, 7) is -0.128. The highest BCUT2D eigenvalue weighted by Gasteiger charge is 2.16. The van der Waals surface area contributed by atoms with Crippen molar-refractivity contribution in [3.63, 3.8) is 0 Å². The molecule has 0 saturated carbocycles. The fourth-order valence-corrected chi connectivity index (χ4v) is 1.36. The van der Waals surface area contributed by atoms with Crippen LogP contribution in [0.4, 0.5) is 0 Å². The van der Waals surface area contributed by atoms with Crippen molar-refractivity contribution in [3.8, 4) is 0 Å². The van der Waals surface area contributed by atoms with Gasteiger partial charge in [0.2, 0.25) is 0 Å². The largest absolute Gasteiger partial charge is 0.465 e. The smallest absolute Gasteiger partial charge is 0.338 e. The maximum atomic E-state index is 11.3. The van der Waals surface area contributed by atoms with Gasteiger partial charge in [0, 0.05) is 13.0 Å². The molecular weight excluding hydrogens is 196 g/mol. The first-order valence-electron chi connectivity index (χ1n) is 4.67. The van der Waals surface area contributed by atoms with Crippen LogP contribution in [0.5, 0.6) is 0 Å². The van der Waals surface area contributed by atoms with E-state index in [1.807, 2.05) is 0 Å². The van der Waals surface area contributed by atoms with Gasteiger partial charge in [-0.2, -0.15) is 0 Å². The van der Waals surface area contributed by atoms with Gasteiger partial charge in [-0.05, 0) is 11.6 Å². The van der Waals surface area contributed by atoms with Crippen LogP contribution in [0.15, 0.2) is 24.3 Å². The molecule has 0 bridgehead atoms. The Kier molecular flexibility index (Phi) is 4.27. The van der Waals surface area contributed by atoms with E-state index in [0.717, 1.165) is 0 Å². The molecule has 0 spiro atoms. The number of carbonyl (C=O) groups is 1. The number of hydrogen-bond donors (Lipinski definition) is 2. The summed E-state index contributed by atoms with van der Waals surface area (Å²) >= 11 is 0. The minimum atomic E-state index is -0.842. The molecule has 1 rings (SSSR count). The lowest BCUT2D eigenvalue weighted by molar-refractivity contribution is 0.0590. The summed E-state index contributed by atoms with van der Waals surface area (Å²) in [6.07, 6.45) is -0.640. The molecule has 1 aromatic rings. The van der Waals surface area contributed by atoms with Gasteiger partial charge in [0.25, 0.3) is 0 Å². The van der Waals surface area contributed by atoms with E-state index in [9.17, 15) is 9.90 Å². The number of methoxy groups -OCH3 is 1. The Labute approximate surface area is 88.1 Å². The van der Waals surface area contributed by atoms with Gasteiger partial charge in [-0.25, -0.2) is 4.79 Å². The van der Waals surface area contributed by atoms with E-state index in [0.29, 0.717) is 11.1 Å². The van der Waals surface area contributed by atoms with E-state index in [-0.39, 0.29) is 13.0 Å². The third kappa shape index (κ3) is 2.78. The van der Waals surface area contributed by atoms with Crippen molar-refractivity contribution in [1.29, 1.82) is 0 Å². The van der Waals surface area contributed by atoms with Gasteiger partial charge < -0.3 is 14.9 Å². The molecule has 1 atom stereocenters. The zero-order valence-corrected chi connectivity index (χ0v) is 8.51. The second-order valence-corrected chi connectivity index (χ2v) is 3.11. The van der Waals surface area contributed by atoms with Gasteiger partial charge in [0.15, 0.2) is 0 Å². The molecule has 1 unspecified atom stereocenters. The van der Waals surface area contributed by atoms with Crippen molar-refractivity contribution >= 4 is 5.97 Å². The molecule has 0 aliphatic carbocycles. The number of ether oxygens (including phenoxy) is 1. The minimum Gasteiger partial charge on any atom is -0.465 e. The van der Waals surface area contributed by atoms with Crippen LogP contribution in [0.25, 0.3) is 0 Å². The predicted octanol–water partition coefficient (Wildman–Crippen LogP) is 0.889. The van der Waals surface area contributed by atoms with E-state index in [2.05, 4.69) is 4.74 Å². The zero-order chi connectivity index (χ0) is 11.3. The van der Waals surface area contributed by atoms with Crippen molar-refractivity contribution in [3.05, 3.63) is 35.4 Å². The van der Waals surface area contributed by atoms with Crippen molar-refractivity contribution < 1.29 is 19.7 Å². The Morgan fingerprint density at radius 3 is 2.73 bits per heavy atom. The molecule has 0 heterocycles. The molecule has 1 aromatic carbocycles. The van der Waals surface area contributed by atoms with E-state index < -0.39 is 12.1 Å².